The third-order valence-electron chi connectivity index (χ3n) is 4.58. The first-order valence-electron chi connectivity index (χ1n) is 7.66. The van der Waals surface area contributed by atoms with Crippen molar-refractivity contribution in [1.82, 2.24) is 14.9 Å². The largest absolute Gasteiger partial charge is 0.480 e. The molecule has 1 N–H and O–H groups in total. The summed E-state index contributed by atoms with van der Waals surface area (Å²) in [5.41, 5.74) is -0.221. The molecule has 120 valence electrons. The van der Waals surface area contributed by atoms with E-state index in [1.165, 1.54) is 0 Å². The average molecular weight is 306 g/mol. The fourth-order valence-corrected chi connectivity index (χ4v) is 3.51. The van der Waals surface area contributed by atoms with Crippen LogP contribution in [0.1, 0.15) is 19.3 Å². The third-order valence-corrected chi connectivity index (χ3v) is 4.58. The minimum Gasteiger partial charge on any atom is -0.480 e. The van der Waals surface area contributed by atoms with Crippen LogP contribution in [0.4, 0.5) is 5.95 Å². The number of hydrogen-bond acceptors (Lipinski definition) is 6. The summed E-state index contributed by atoms with van der Waals surface area (Å²) in [5.74, 6) is -0.0762. The summed E-state index contributed by atoms with van der Waals surface area (Å²) in [5, 5.41) is 8.98. The smallest absolute Gasteiger partial charge is 0.317 e. The van der Waals surface area contributed by atoms with E-state index < -0.39 is 5.97 Å². The second-order valence-electron chi connectivity index (χ2n) is 6.22. The minimum atomic E-state index is -0.776. The highest BCUT2D eigenvalue weighted by atomic mass is 16.5. The zero-order chi connectivity index (χ0) is 15.6. The van der Waals surface area contributed by atoms with Crippen LogP contribution in [0.15, 0.2) is 18.5 Å². The van der Waals surface area contributed by atoms with Gasteiger partial charge in [0.1, 0.15) is 0 Å². The van der Waals surface area contributed by atoms with Crippen LogP contribution in [0.3, 0.4) is 0 Å². The standard InChI is InChI=1S/C15H22N4O3/c1-18(14-16-5-3-6-17-14)12-8-15(22-10-12)4-2-7-19(11-15)9-13(20)21/h3,5-6,12H,2,4,7-11H2,1H3,(H,20,21). The lowest BCUT2D eigenvalue weighted by atomic mass is 9.88. The number of likely N-dealkylation sites (tertiary alicyclic amines) is 1. The predicted octanol–water partition coefficient (Wildman–Crippen LogP) is 0.621. The van der Waals surface area contributed by atoms with Crippen molar-refractivity contribution < 1.29 is 14.6 Å². The molecule has 22 heavy (non-hydrogen) atoms. The zero-order valence-corrected chi connectivity index (χ0v) is 12.8. The Bertz CT molecular complexity index is 527. The molecular weight excluding hydrogens is 284 g/mol. The topological polar surface area (TPSA) is 78.8 Å². The number of rotatable bonds is 4. The van der Waals surface area contributed by atoms with E-state index in [0.717, 1.165) is 25.8 Å². The highest BCUT2D eigenvalue weighted by molar-refractivity contribution is 5.69. The Hall–Kier alpha value is -1.73. The molecule has 3 rings (SSSR count). The number of anilines is 1. The van der Waals surface area contributed by atoms with Crippen LogP contribution < -0.4 is 4.90 Å². The lowest BCUT2D eigenvalue weighted by Gasteiger charge is -2.39. The van der Waals surface area contributed by atoms with Crippen LogP contribution in [-0.2, 0) is 9.53 Å². The van der Waals surface area contributed by atoms with E-state index in [0.29, 0.717) is 19.1 Å². The average Bonchev–Trinajstić information content (AvgIpc) is 2.90. The molecule has 0 aliphatic carbocycles. The van der Waals surface area contributed by atoms with E-state index in [1.807, 2.05) is 11.9 Å². The second kappa shape index (κ2) is 6.18. The number of carboxylic acid groups (broad SMARTS) is 1. The van der Waals surface area contributed by atoms with E-state index in [1.54, 1.807) is 18.5 Å². The van der Waals surface area contributed by atoms with Crippen molar-refractivity contribution in [3.63, 3.8) is 0 Å². The number of hydrogen-bond donors (Lipinski definition) is 1. The van der Waals surface area contributed by atoms with Gasteiger partial charge in [-0.3, -0.25) is 9.69 Å². The maximum absolute atomic E-state index is 10.9. The van der Waals surface area contributed by atoms with Crippen LogP contribution in [0.5, 0.6) is 0 Å². The van der Waals surface area contributed by atoms with Gasteiger partial charge in [0.25, 0.3) is 0 Å². The van der Waals surface area contributed by atoms with Gasteiger partial charge >= 0.3 is 5.97 Å². The summed E-state index contributed by atoms with van der Waals surface area (Å²) in [6.45, 7) is 2.25. The van der Waals surface area contributed by atoms with Gasteiger partial charge in [-0.2, -0.15) is 0 Å². The maximum Gasteiger partial charge on any atom is 0.317 e. The molecular formula is C15H22N4O3. The Labute approximate surface area is 129 Å². The highest BCUT2D eigenvalue weighted by Gasteiger charge is 2.45. The first-order chi connectivity index (χ1) is 10.6. The third kappa shape index (κ3) is 3.20. The first kappa shape index (κ1) is 15.2. The SMILES string of the molecule is CN(c1ncccn1)C1COC2(CCCN(CC(=O)O)C2)C1. The van der Waals surface area contributed by atoms with Crippen LogP contribution in [0.2, 0.25) is 0 Å². The number of nitrogens with zero attached hydrogens (tertiary/aromatic N) is 4. The Morgan fingerprint density at radius 1 is 1.55 bits per heavy atom. The van der Waals surface area contributed by atoms with Crippen LogP contribution in [0, 0.1) is 0 Å². The normalized spacial score (nSPS) is 28.9. The molecule has 2 aliphatic heterocycles. The zero-order valence-electron chi connectivity index (χ0n) is 12.8. The molecule has 0 saturated carbocycles. The fraction of sp³-hybridized carbons (Fsp3) is 0.667. The Morgan fingerprint density at radius 2 is 2.32 bits per heavy atom. The molecule has 2 fully saturated rings. The maximum atomic E-state index is 10.9. The fourth-order valence-electron chi connectivity index (χ4n) is 3.51. The minimum absolute atomic E-state index is 0.0907. The molecule has 2 aliphatic rings. The molecule has 0 bridgehead atoms. The van der Waals surface area contributed by atoms with Crippen molar-refractivity contribution in [3.05, 3.63) is 18.5 Å². The van der Waals surface area contributed by atoms with Crippen molar-refractivity contribution >= 4 is 11.9 Å². The first-order valence-corrected chi connectivity index (χ1v) is 7.66. The van der Waals surface area contributed by atoms with E-state index in [4.69, 9.17) is 9.84 Å². The summed E-state index contributed by atoms with van der Waals surface area (Å²) in [6.07, 6.45) is 6.33. The molecule has 1 aromatic rings. The summed E-state index contributed by atoms with van der Waals surface area (Å²) in [4.78, 5) is 23.5. The van der Waals surface area contributed by atoms with Gasteiger partial charge < -0.3 is 14.7 Å². The molecule has 3 heterocycles. The Balaban J connectivity index is 1.64. The predicted molar refractivity (Wildman–Crippen MR) is 80.8 cm³/mol. The van der Waals surface area contributed by atoms with Crippen molar-refractivity contribution in [3.8, 4) is 0 Å². The van der Waals surface area contributed by atoms with Gasteiger partial charge in [-0.15, -0.1) is 0 Å². The van der Waals surface area contributed by atoms with Crippen LogP contribution in [0.25, 0.3) is 0 Å². The summed E-state index contributed by atoms with van der Waals surface area (Å²) in [7, 11) is 1.99. The number of aromatic nitrogens is 2. The van der Waals surface area contributed by atoms with Gasteiger partial charge in [-0.1, -0.05) is 0 Å². The van der Waals surface area contributed by atoms with Gasteiger partial charge in [-0.25, -0.2) is 9.97 Å². The lowest BCUT2D eigenvalue weighted by molar-refractivity contribution is -0.140. The molecule has 2 saturated heterocycles. The number of ether oxygens (including phenoxy) is 1. The summed E-state index contributed by atoms with van der Waals surface area (Å²) >= 11 is 0. The molecule has 7 nitrogen and oxygen atoms in total. The monoisotopic (exact) mass is 306 g/mol. The van der Waals surface area contributed by atoms with Crippen molar-refractivity contribution in [1.29, 1.82) is 0 Å². The molecule has 7 heteroatoms. The number of piperidine rings is 1. The van der Waals surface area contributed by atoms with Gasteiger partial charge in [0.15, 0.2) is 0 Å². The van der Waals surface area contributed by atoms with E-state index in [2.05, 4.69) is 14.9 Å². The number of carbonyl (C=O) groups is 1. The van der Waals surface area contributed by atoms with E-state index in [9.17, 15) is 4.79 Å². The molecule has 2 unspecified atom stereocenters. The highest BCUT2D eigenvalue weighted by Crippen LogP contribution is 2.36. The second-order valence-corrected chi connectivity index (χ2v) is 6.22. The van der Waals surface area contributed by atoms with Crippen molar-refractivity contribution in [2.24, 2.45) is 0 Å². The van der Waals surface area contributed by atoms with Crippen LogP contribution in [-0.4, -0.2) is 70.9 Å². The van der Waals surface area contributed by atoms with E-state index in [-0.39, 0.29) is 18.2 Å². The summed E-state index contributed by atoms with van der Waals surface area (Å²) in [6, 6.07) is 2.03. The molecule has 2 atom stereocenters. The van der Waals surface area contributed by atoms with Gasteiger partial charge in [0.05, 0.1) is 24.8 Å². The van der Waals surface area contributed by atoms with Crippen LogP contribution >= 0.6 is 0 Å². The molecule has 0 amide bonds. The van der Waals surface area contributed by atoms with Gasteiger partial charge in [-0.05, 0) is 25.5 Å². The Morgan fingerprint density at radius 3 is 3.05 bits per heavy atom. The quantitative estimate of drug-likeness (QED) is 0.873. The molecule has 1 spiro atoms. The summed E-state index contributed by atoms with van der Waals surface area (Å²) < 4.78 is 6.12. The number of aliphatic carboxylic acids is 1. The molecule has 0 aromatic carbocycles. The number of likely N-dealkylation sites (N-methyl/N-ethyl adjacent to an activating group) is 1. The molecule has 1 aromatic heterocycles. The number of carboxylic acids is 1. The Kier molecular flexibility index (Phi) is 4.26. The van der Waals surface area contributed by atoms with Gasteiger partial charge in [0, 0.05) is 32.4 Å². The van der Waals surface area contributed by atoms with E-state index >= 15 is 0 Å². The van der Waals surface area contributed by atoms with Crippen molar-refractivity contribution in [2.75, 3.05) is 38.2 Å². The van der Waals surface area contributed by atoms with Crippen molar-refractivity contribution in [2.45, 2.75) is 30.9 Å². The molecule has 0 radical (unpaired) electrons. The lowest BCUT2D eigenvalue weighted by Crippen LogP contribution is -2.49. The van der Waals surface area contributed by atoms with Gasteiger partial charge in [0.2, 0.25) is 5.95 Å².